The van der Waals surface area contributed by atoms with Gasteiger partial charge in [-0.3, -0.25) is 19.7 Å². The Labute approximate surface area is 103 Å². The fraction of sp³-hybridized carbons (Fsp3) is 0.250. The highest BCUT2D eigenvalue weighted by molar-refractivity contribution is 6.06. The van der Waals surface area contributed by atoms with E-state index in [1.165, 1.54) is 0 Å². The topological polar surface area (TPSA) is 67.2 Å². The molecule has 0 atom stereocenters. The van der Waals surface area contributed by atoms with Crippen LogP contribution in [0.3, 0.4) is 0 Å². The van der Waals surface area contributed by atoms with Crippen LogP contribution in [0.15, 0.2) is 24.4 Å². The molecule has 1 fully saturated rings. The first-order chi connectivity index (χ1) is 8.63. The molecule has 0 unspecified atom stereocenters. The normalized spacial score (nSPS) is 16.2. The number of amides is 3. The molecule has 0 spiro atoms. The first-order valence-electron chi connectivity index (χ1n) is 5.68. The van der Waals surface area contributed by atoms with Crippen molar-refractivity contribution in [3.63, 3.8) is 0 Å². The van der Waals surface area contributed by atoms with E-state index >= 15 is 0 Å². The van der Waals surface area contributed by atoms with E-state index in [0.717, 1.165) is 16.6 Å². The van der Waals surface area contributed by atoms with E-state index in [2.05, 4.69) is 10.4 Å². The Balaban J connectivity index is 1.98. The smallest absolute Gasteiger partial charge is 0.294 e. The van der Waals surface area contributed by atoms with Crippen LogP contribution in [0.25, 0.3) is 10.9 Å². The van der Waals surface area contributed by atoms with Crippen LogP contribution >= 0.6 is 0 Å². The number of nitrogens with zero attached hydrogens (tertiary/aromatic N) is 3. The summed E-state index contributed by atoms with van der Waals surface area (Å²) in [5.41, 5.74) is 1.66. The molecule has 3 rings (SSSR count). The molecule has 0 bridgehead atoms. The number of hydrogen-bond donors (Lipinski definition) is 1. The predicted octanol–water partition coefficient (Wildman–Crippen LogP) is 1.02. The number of rotatable bonds is 1. The fourth-order valence-electron chi connectivity index (χ4n) is 2.11. The van der Waals surface area contributed by atoms with Gasteiger partial charge in [0.15, 0.2) is 0 Å². The third-order valence-electron chi connectivity index (χ3n) is 2.97. The molecule has 1 aliphatic rings. The summed E-state index contributed by atoms with van der Waals surface area (Å²) in [5, 5.41) is 7.55. The molecule has 1 N–H and O–H groups in total. The van der Waals surface area contributed by atoms with Gasteiger partial charge in [0, 0.05) is 37.3 Å². The van der Waals surface area contributed by atoms with E-state index < -0.39 is 0 Å². The highest BCUT2D eigenvalue weighted by Gasteiger charge is 2.24. The van der Waals surface area contributed by atoms with Crippen molar-refractivity contribution in [1.29, 1.82) is 0 Å². The average Bonchev–Trinajstić information content (AvgIpc) is 2.68. The molecule has 6 nitrogen and oxygen atoms in total. The van der Waals surface area contributed by atoms with Crippen molar-refractivity contribution < 1.29 is 9.59 Å². The maximum atomic E-state index is 11.7. The van der Waals surface area contributed by atoms with Gasteiger partial charge in [-0.1, -0.05) is 0 Å². The average molecular weight is 244 g/mol. The van der Waals surface area contributed by atoms with Crippen molar-refractivity contribution in [2.75, 3.05) is 11.4 Å². The van der Waals surface area contributed by atoms with E-state index in [-0.39, 0.29) is 11.9 Å². The van der Waals surface area contributed by atoms with Crippen LogP contribution in [0.2, 0.25) is 0 Å². The summed E-state index contributed by atoms with van der Waals surface area (Å²) >= 11 is 0. The van der Waals surface area contributed by atoms with Gasteiger partial charge in [0.25, 0.3) is 0 Å². The maximum absolute atomic E-state index is 11.7. The predicted molar refractivity (Wildman–Crippen MR) is 66.2 cm³/mol. The standard InChI is InChI=1S/C12H12N4O2/c1-15-7-8-6-9(2-3-10(8)14-15)16-5-4-11(17)13-12(16)18/h2-3,6-7H,4-5H2,1H3,(H,13,17,18). The number of imide groups is 1. The molecule has 3 amide bonds. The van der Waals surface area contributed by atoms with Crippen LogP contribution in [0.4, 0.5) is 10.5 Å². The van der Waals surface area contributed by atoms with Crippen LogP contribution in [0, 0.1) is 0 Å². The second-order valence-electron chi connectivity index (χ2n) is 4.30. The Kier molecular flexibility index (Phi) is 2.29. The van der Waals surface area contributed by atoms with Gasteiger partial charge in [-0.15, -0.1) is 0 Å². The van der Waals surface area contributed by atoms with E-state index in [1.54, 1.807) is 9.58 Å². The van der Waals surface area contributed by atoms with Crippen molar-refractivity contribution in [2.24, 2.45) is 7.05 Å². The van der Waals surface area contributed by atoms with Crippen LogP contribution in [-0.4, -0.2) is 28.3 Å². The lowest BCUT2D eigenvalue weighted by atomic mass is 10.2. The number of aromatic nitrogens is 2. The number of benzene rings is 1. The van der Waals surface area contributed by atoms with E-state index in [1.807, 2.05) is 31.4 Å². The summed E-state index contributed by atoms with van der Waals surface area (Å²) in [7, 11) is 1.85. The minimum atomic E-state index is -0.366. The van der Waals surface area contributed by atoms with Crippen molar-refractivity contribution in [1.82, 2.24) is 15.1 Å². The molecular weight excluding hydrogens is 232 g/mol. The Morgan fingerprint density at radius 3 is 2.94 bits per heavy atom. The summed E-state index contributed by atoms with van der Waals surface area (Å²) in [5.74, 6) is -0.223. The van der Waals surface area contributed by atoms with Gasteiger partial charge < -0.3 is 0 Å². The zero-order chi connectivity index (χ0) is 12.7. The molecule has 1 aromatic carbocycles. The lowest BCUT2D eigenvalue weighted by molar-refractivity contribution is -0.120. The minimum absolute atomic E-state index is 0.223. The minimum Gasteiger partial charge on any atom is -0.294 e. The number of carbonyl (C=O) groups excluding carboxylic acids is 2. The molecule has 1 saturated heterocycles. The number of hydrogen-bond acceptors (Lipinski definition) is 3. The van der Waals surface area contributed by atoms with Crippen molar-refractivity contribution >= 4 is 28.5 Å². The van der Waals surface area contributed by atoms with Crippen LogP contribution < -0.4 is 10.2 Å². The first kappa shape index (κ1) is 10.8. The quantitative estimate of drug-likeness (QED) is 0.814. The van der Waals surface area contributed by atoms with Gasteiger partial charge >= 0.3 is 6.03 Å². The second-order valence-corrected chi connectivity index (χ2v) is 4.30. The Morgan fingerprint density at radius 1 is 1.33 bits per heavy atom. The SMILES string of the molecule is Cn1cc2cc(N3CCC(=O)NC3=O)ccc2n1. The summed E-state index contributed by atoms with van der Waals surface area (Å²) in [6, 6.07) is 5.24. The molecule has 0 radical (unpaired) electrons. The Bertz CT molecular complexity index is 647. The third kappa shape index (κ3) is 1.71. The summed E-state index contributed by atoms with van der Waals surface area (Å²) in [6.07, 6.45) is 2.22. The third-order valence-corrected chi connectivity index (χ3v) is 2.97. The van der Waals surface area contributed by atoms with Gasteiger partial charge in [-0.05, 0) is 18.2 Å². The Hall–Kier alpha value is -2.37. The van der Waals surface area contributed by atoms with Gasteiger partial charge in [0.05, 0.1) is 5.52 Å². The van der Waals surface area contributed by atoms with Gasteiger partial charge in [0.2, 0.25) is 5.91 Å². The molecule has 2 heterocycles. The molecule has 18 heavy (non-hydrogen) atoms. The number of nitrogens with one attached hydrogen (secondary N) is 1. The van der Waals surface area contributed by atoms with Crippen molar-refractivity contribution in [3.05, 3.63) is 24.4 Å². The number of anilines is 1. The highest BCUT2D eigenvalue weighted by atomic mass is 16.2. The molecular formula is C12H12N4O2. The summed E-state index contributed by atoms with van der Waals surface area (Å²) in [4.78, 5) is 24.4. The fourth-order valence-corrected chi connectivity index (χ4v) is 2.11. The number of carbonyl (C=O) groups is 2. The molecule has 0 aliphatic carbocycles. The number of aryl methyl sites for hydroxylation is 1. The molecule has 0 saturated carbocycles. The second kappa shape index (κ2) is 3.83. The van der Waals surface area contributed by atoms with Crippen LogP contribution in [0.1, 0.15) is 6.42 Å². The molecule has 1 aliphatic heterocycles. The monoisotopic (exact) mass is 244 g/mol. The summed E-state index contributed by atoms with van der Waals surface area (Å²) < 4.78 is 1.73. The first-order valence-corrected chi connectivity index (χ1v) is 5.68. The number of fused-ring (bicyclic) bond motifs is 1. The largest absolute Gasteiger partial charge is 0.328 e. The van der Waals surface area contributed by atoms with Gasteiger partial charge in [-0.25, -0.2) is 4.79 Å². The highest BCUT2D eigenvalue weighted by Crippen LogP contribution is 2.22. The van der Waals surface area contributed by atoms with Crippen LogP contribution in [0.5, 0.6) is 0 Å². The van der Waals surface area contributed by atoms with E-state index in [4.69, 9.17) is 0 Å². The summed E-state index contributed by atoms with van der Waals surface area (Å²) in [6.45, 7) is 0.413. The maximum Gasteiger partial charge on any atom is 0.328 e. The van der Waals surface area contributed by atoms with E-state index in [9.17, 15) is 9.59 Å². The zero-order valence-corrected chi connectivity index (χ0v) is 9.88. The van der Waals surface area contributed by atoms with E-state index in [0.29, 0.717) is 13.0 Å². The molecule has 6 heteroatoms. The van der Waals surface area contributed by atoms with Gasteiger partial charge in [-0.2, -0.15) is 5.10 Å². The number of urea groups is 1. The van der Waals surface area contributed by atoms with Crippen LogP contribution in [-0.2, 0) is 11.8 Å². The molecule has 2 aromatic rings. The molecule has 92 valence electrons. The lowest BCUT2D eigenvalue weighted by Crippen LogP contribution is -2.49. The van der Waals surface area contributed by atoms with Crippen molar-refractivity contribution in [2.45, 2.75) is 6.42 Å². The zero-order valence-electron chi connectivity index (χ0n) is 9.88. The Morgan fingerprint density at radius 2 is 2.17 bits per heavy atom. The van der Waals surface area contributed by atoms with Crippen molar-refractivity contribution in [3.8, 4) is 0 Å². The van der Waals surface area contributed by atoms with Gasteiger partial charge in [0.1, 0.15) is 0 Å². The lowest BCUT2D eigenvalue weighted by Gasteiger charge is -2.26. The molecule has 1 aromatic heterocycles.